The number of rotatable bonds is 2. The van der Waals surface area contributed by atoms with E-state index in [4.69, 9.17) is 0 Å². The van der Waals surface area contributed by atoms with Crippen molar-refractivity contribution in [2.24, 2.45) is 7.05 Å². The Kier molecular flexibility index (Phi) is 2.54. The summed E-state index contributed by atoms with van der Waals surface area (Å²) in [5.41, 5.74) is -1.27. The quantitative estimate of drug-likeness (QED) is 0.516. The molecule has 0 unspecified atom stereocenters. The van der Waals surface area contributed by atoms with Crippen LogP contribution in [0.2, 0.25) is 0 Å². The van der Waals surface area contributed by atoms with Crippen LogP contribution in [0.25, 0.3) is 0 Å². The number of aromatic nitrogens is 2. The Morgan fingerprint density at radius 2 is 2.14 bits per heavy atom. The molecular weight excluding hydrogens is 200 g/mol. The molecule has 0 aliphatic heterocycles. The molecule has 1 aromatic rings. The zero-order valence-electron chi connectivity index (χ0n) is 7.50. The van der Waals surface area contributed by atoms with Crippen LogP contribution in [0, 0.1) is 0 Å². The van der Waals surface area contributed by atoms with E-state index in [2.05, 4.69) is 9.84 Å². The van der Waals surface area contributed by atoms with E-state index < -0.39 is 18.5 Å². The average molecular weight is 207 g/mol. The van der Waals surface area contributed by atoms with E-state index in [1.807, 2.05) is 0 Å². The number of aryl methyl sites for hydroxylation is 1. The maximum Gasteiger partial charge on any atom is 0.527 e. The molecule has 1 rings (SSSR count). The van der Waals surface area contributed by atoms with Crippen molar-refractivity contribution < 1.29 is 22.5 Å². The Bertz CT molecular complexity index is 360. The van der Waals surface area contributed by atoms with Gasteiger partial charge in [0.1, 0.15) is 0 Å². The third kappa shape index (κ3) is 1.89. The minimum atomic E-state index is -5.15. The van der Waals surface area contributed by atoms with E-state index >= 15 is 0 Å². The van der Waals surface area contributed by atoms with Crippen LogP contribution in [0.1, 0.15) is 10.5 Å². The van der Waals surface area contributed by atoms with Crippen molar-refractivity contribution in [1.82, 2.24) is 9.78 Å². The van der Waals surface area contributed by atoms with E-state index in [9.17, 15) is 17.7 Å². The van der Waals surface area contributed by atoms with E-state index in [0.717, 1.165) is 14.2 Å². The largest absolute Gasteiger partial charge is 0.527 e. The summed E-state index contributed by atoms with van der Waals surface area (Å²) in [6.45, 7) is -5.15. The lowest BCUT2D eigenvalue weighted by Crippen LogP contribution is -2.39. The fourth-order valence-corrected chi connectivity index (χ4v) is 0.992. The summed E-state index contributed by atoms with van der Waals surface area (Å²) in [6, 6.07) is 0.672. The smallest absolute Gasteiger partial charge is 0.464 e. The van der Waals surface area contributed by atoms with Crippen LogP contribution in [-0.4, -0.2) is 29.8 Å². The molecular formula is C6H7BF3N2O2-. The van der Waals surface area contributed by atoms with Gasteiger partial charge in [0, 0.05) is 7.05 Å². The van der Waals surface area contributed by atoms with Crippen molar-refractivity contribution in [2.75, 3.05) is 7.11 Å². The molecule has 0 radical (unpaired) electrons. The number of esters is 1. The summed E-state index contributed by atoms with van der Waals surface area (Å²) in [5.74, 6) is -0.883. The van der Waals surface area contributed by atoms with Crippen LogP contribution in [-0.2, 0) is 11.8 Å². The molecule has 1 heterocycles. The summed E-state index contributed by atoms with van der Waals surface area (Å²) < 4.78 is 41.7. The molecule has 1 aromatic heterocycles. The highest BCUT2D eigenvalue weighted by atomic mass is 19.4. The number of carbonyl (C=O) groups is 1. The number of methoxy groups -OCH3 is 1. The van der Waals surface area contributed by atoms with Crippen LogP contribution in [0.3, 0.4) is 0 Å². The standard InChI is InChI=1S/C6H7BF3N2O2/c1-12-5(7(8,9)10)3-4(11-12)6(13)14-2/h3H,1-2H3/q-1. The van der Waals surface area contributed by atoms with E-state index in [0.29, 0.717) is 10.7 Å². The van der Waals surface area contributed by atoms with Gasteiger partial charge >= 0.3 is 12.9 Å². The maximum absolute atomic E-state index is 12.3. The minimum Gasteiger partial charge on any atom is -0.464 e. The second-order valence-corrected chi connectivity index (χ2v) is 2.64. The maximum atomic E-state index is 12.3. The Morgan fingerprint density at radius 1 is 1.57 bits per heavy atom. The number of hydrogen-bond donors (Lipinski definition) is 0. The average Bonchev–Trinajstić information content (AvgIpc) is 2.45. The second-order valence-electron chi connectivity index (χ2n) is 2.64. The van der Waals surface area contributed by atoms with Gasteiger partial charge in [-0.05, 0) is 11.7 Å². The van der Waals surface area contributed by atoms with Crippen molar-refractivity contribution in [1.29, 1.82) is 0 Å². The predicted molar refractivity (Wildman–Crippen MR) is 43.3 cm³/mol. The van der Waals surface area contributed by atoms with Gasteiger partial charge in [-0.3, -0.25) is 0 Å². The summed E-state index contributed by atoms with van der Waals surface area (Å²) in [6.07, 6.45) is 0. The fraction of sp³-hybridized carbons (Fsp3) is 0.333. The number of carbonyl (C=O) groups excluding carboxylic acids is 1. The molecule has 0 saturated heterocycles. The van der Waals surface area contributed by atoms with Crippen molar-refractivity contribution in [3.63, 3.8) is 0 Å². The molecule has 0 fully saturated rings. The normalized spacial score (nSPS) is 11.5. The lowest BCUT2D eigenvalue weighted by atomic mass is 9.86. The van der Waals surface area contributed by atoms with Crippen molar-refractivity contribution >= 4 is 18.5 Å². The van der Waals surface area contributed by atoms with Gasteiger partial charge in [-0.2, -0.15) is 5.10 Å². The zero-order valence-corrected chi connectivity index (χ0v) is 7.50. The van der Waals surface area contributed by atoms with E-state index in [1.165, 1.54) is 0 Å². The van der Waals surface area contributed by atoms with Gasteiger partial charge in [0.15, 0.2) is 5.69 Å². The van der Waals surface area contributed by atoms with Crippen LogP contribution in [0.5, 0.6) is 0 Å². The van der Waals surface area contributed by atoms with Gasteiger partial charge in [-0.1, -0.05) is 0 Å². The fourth-order valence-electron chi connectivity index (χ4n) is 0.992. The number of halogens is 3. The van der Waals surface area contributed by atoms with E-state index in [-0.39, 0.29) is 5.69 Å². The minimum absolute atomic E-state index is 0.343. The van der Waals surface area contributed by atoms with Gasteiger partial charge in [-0.15, -0.1) is 0 Å². The SMILES string of the molecule is COC(=O)c1cc([B-](F)(F)F)n(C)n1. The molecule has 0 saturated carbocycles. The molecule has 0 aromatic carbocycles. The van der Waals surface area contributed by atoms with Crippen molar-refractivity contribution in [2.45, 2.75) is 0 Å². The third-order valence-electron chi connectivity index (χ3n) is 1.65. The molecule has 0 atom stereocenters. The molecule has 0 aliphatic carbocycles. The highest BCUT2D eigenvalue weighted by Gasteiger charge is 2.31. The Labute approximate surface area is 77.7 Å². The molecule has 4 nitrogen and oxygen atoms in total. The lowest BCUT2D eigenvalue weighted by Gasteiger charge is -2.13. The van der Waals surface area contributed by atoms with Crippen LogP contribution >= 0.6 is 0 Å². The van der Waals surface area contributed by atoms with Gasteiger partial charge in [0.2, 0.25) is 0 Å². The second kappa shape index (κ2) is 3.35. The molecule has 14 heavy (non-hydrogen) atoms. The molecule has 0 spiro atoms. The monoisotopic (exact) mass is 207 g/mol. The van der Waals surface area contributed by atoms with Gasteiger partial charge in [0.05, 0.1) is 7.11 Å². The predicted octanol–water partition coefficient (Wildman–Crippen LogP) is 0.261. The first kappa shape index (κ1) is 10.6. The van der Waals surface area contributed by atoms with Crippen molar-refractivity contribution in [3.8, 4) is 0 Å². The highest BCUT2D eigenvalue weighted by molar-refractivity contribution is 6.72. The lowest BCUT2D eigenvalue weighted by molar-refractivity contribution is 0.0593. The summed E-state index contributed by atoms with van der Waals surface area (Å²) in [4.78, 5) is 10.8. The summed E-state index contributed by atoms with van der Waals surface area (Å²) in [7, 11) is 2.20. The molecule has 0 N–H and O–H groups in total. The van der Waals surface area contributed by atoms with Gasteiger partial charge in [-0.25, -0.2) is 4.79 Å². The summed E-state index contributed by atoms with van der Waals surface area (Å²) >= 11 is 0. The number of nitrogens with zero attached hydrogens (tertiary/aromatic N) is 2. The van der Waals surface area contributed by atoms with Gasteiger partial charge in [0.25, 0.3) is 0 Å². The van der Waals surface area contributed by atoms with Crippen molar-refractivity contribution in [3.05, 3.63) is 11.8 Å². The summed E-state index contributed by atoms with van der Waals surface area (Å²) in [5, 5.41) is 3.39. The van der Waals surface area contributed by atoms with Crippen LogP contribution in [0.15, 0.2) is 6.07 Å². The Hall–Kier alpha value is -1.47. The first-order valence-electron chi connectivity index (χ1n) is 3.68. The molecule has 8 heteroatoms. The third-order valence-corrected chi connectivity index (χ3v) is 1.65. The Balaban J connectivity index is 3.12. The highest BCUT2D eigenvalue weighted by Crippen LogP contribution is 2.09. The van der Waals surface area contributed by atoms with Gasteiger partial charge < -0.3 is 22.4 Å². The van der Waals surface area contributed by atoms with Crippen LogP contribution in [0.4, 0.5) is 12.9 Å². The first-order chi connectivity index (χ1) is 6.36. The molecule has 0 amide bonds. The topological polar surface area (TPSA) is 44.1 Å². The molecule has 0 aliphatic rings. The van der Waals surface area contributed by atoms with Crippen LogP contribution < -0.4 is 5.59 Å². The number of ether oxygens (including phenoxy) is 1. The Morgan fingerprint density at radius 3 is 2.50 bits per heavy atom. The zero-order chi connectivity index (χ0) is 10.9. The number of hydrogen-bond acceptors (Lipinski definition) is 3. The van der Waals surface area contributed by atoms with E-state index in [1.54, 1.807) is 0 Å². The first-order valence-corrected chi connectivity index (χ1v) is 3.68. The molecule has 0 bridgehead atoms. The molecule has 78 valence electrons.